The Labute approximate surface area is 291 Å². The van der Waals surface area contributed by atoms with E-state index in [1.165, 1.54) is 84.9 Å². The van der Waals surface area contributed by atoms with Crippen LogP contribution in [0.3, 0.4) is 0 Å². The van der Waals surface area contributed by atoms with Gasteiger partial charge in [-0.2, -0.15) is 0 Å². The SMILES string of the molecule is Cc1cc(N(c2ccccc2)c2cccc3c2CCC=C3)ccc1-c1ccc(N(C2=C[C@@H]3CC=C23)C2c3ccccc3C=CC2C)cc1C. The molecule has 3 atom stereocenters. The van der Waals surface area contributed by atoms with Crippen LogP contribution in [0.4, 0.5) is 22.7 Å². The summed E-state index contributed by atoms with van der Waals surface area (Å²) in [6.45, 7) is 6.91. The summed E-state index contributed by atoms with van der Waals surface area (Å²) >= 11 is 0. The molecule has 0 heterocycles. The molecule has 0 aliphatic heterocycles. The summed E-state index contributed by atoms with van der Waals surface area (Å²) in [6.07, 6.45) is 17.5. The number of benzene rings is 5. The Kier molecular flexibility index (Phi) is 7.27. The molecule has 240 valence electrons. The van der Waals surface area contributed by atoms with Crippen LogP contribution in [0, 0.1) is 25.7 Å². The van der Waals surface area contributed by atoms with Gasteiger partial charge in [-0.25, -0.2) is 0 Å². The van der Waals surface area contributed by atoms with Crippen LogP contribution >= 0.6 is 0 Å². The largest absolute Gasteiger partial charge is 0.333 e. The van der Waals surface area contributed by atoms with Gasteiger partial charge in [0.1, 0.15) is 0 Å². The molecule has 4 aliphatic rings. The van der Waals surface area contributed by atoms with Crippen molar-refractivity contribution in [1.82, 2.24) is 0 Å². The monoisotopic (exact) mass is 634 g/mol. The molecule has 0 saturated carbocycles. The molecule has 2 nitrogen and oxygen atoms in total. The highest BCUT2D eigenvalue weighted by atomic mass is 15.2. The average Bonchev–Trinajstić information content (AvgIpc) is 3.12. The van der Waals surface area contributed by atoms with E-state index in [2.05, 4.69) is 176 Å². The lowest BCUT2D eigenvalue weighted by Crippen LogP contribution is -2.40. The van der Waals surface area contributed by atoms with Crippen LogP contribution < -0.4 is 9.80 Å². The summed E-state index contributed by atoms with van der Waals surface area (Å²) in [5, 5.41) is 0. The zero-order valence-electron chi connectivity index (χ0n) is 28.6. The van der Waals surface area contributed by atoms with E-state index in [0.717, 1.165) is 12.8 Å². The lowest BCUT2D eigenvalue weighted by atomic mass is 9.71. The van der Waals surface area contributed by atoms with E-state index in [1.54, 1.807) is 0 Å². The lowest BCUT2D eigenvalue weighted by molar-refractivity contribution is 0.510. The van der Waals surface area contributed by atoms with E-state index in [4.69, 9.17) is 0 Å². The van der Waals surface area contributed by atoms with Crippen molar-refractivity contribution in [3.63, 3.8) is 0 Å². The van der Waals surface area contributed by atoms with Crippen molar-refractivity contribution in [1.29, 1.82) is 0 Å². The maximum atomic E-state index is 2.63. The maximum absolute atomic E-state index is 2.63. The summed E-state index contributed by atoms with van der Waals surface area (Å²) in [5.41, 5.74) is 18.5. The Morgan fingerprint density at radius 1 is 0.673 bits per heavy atom. The Morgan fingerprint density at radius 2 is 1.41 bits per heavy atom. The molecule has 0 fully saturated rings. The van der Waals surface area contributed by atoms with Crippen LogP contribution in [0.5, 0.6) is 0 Å². The molecule has 9 rings (SSSR count). The number of hydrogen-bond acceptors (Lipinski definition) is 2. The Balaban J connectivity index is 1.10. The van der Waals surface area contributed by atoms with Gasteiger partial charge in [-0.1, -0.05) is 110 Å². The number of hydrogen-bond donors (Lipinski definition) is 0. The third kappa shape index (κ3) is 5.01. The summed E-state index contributed by atoms with van der Waals surface area (Å²) in [4.78, 5) is 5.07. The zero-order chi connectivity index (χ0) is 33.1. The molecule has 5 aromatic carbocycles. The van der Waals surface area contributed by atoms with Gasteiger partial charge >= 0.3 is 0 Å². The smallest absolute Gasteiger partial charge is 0.0657 e. The summed E-state index contributed by atoms with van der Waals surface area (Å²) in [6, 6.07) is 40.9. The first-order chi connectivity index (χ1) is 24.0. The molecular weight excluding hydrogens is 593 g/mol. The highest BCUT2D eigenvalue weighted by Gasteiger charge is 2.40. The second-order valence-electron chi connectivity index (χ2n) is 14.2. The first-order valence-electron chi connectivity index (χ1n) is 17.9. The second kappa shape index (κ2) is 12.0. The molecule has 0 saturated heterocycles. The second-order valence-corrected chi connectivity index (χ2v) is 14.2. The molecule has 0 amide bonds. The van der Waals surface area contributed by atoms with Gasteiger partial charge in [0.15, 0.2) is 0 Å². The van der Waals surface area contributed by atoms with Crippen LogP contribution in [0.15, 0.2) is 145 Å². The van der Waals surface area contributed by atoms with Crippen molar-refractivity contribution in [2.24, 2.45) is 11.8 Å². The van der Waals surface area contributed by atoms with Crippen LogP contribution in [-0.4, -0.2) is 0 Å². The summed E-state index contributed by atoms with van der Waals surface area (Å²) < 4.78 is 0. The van der Waals surface area contributed by atoms with Crippen molar-refractivity contribution in [2.45, 2.75) is 46.1 Å². The molecule has 2 unspecified atom stereocenters. The molecule has 49 heavy (non-hydrogen) atoms. The van der Waals surface area contributed by atoms with Gasteiger partial charge < -0.3 is 9.80 Å². The molecule has 4 aliphatic carbocycles. The topological polar surface area (TPSA) is 6.48 Å². The van der Waals surface area contributed by atoms with Gasteiger partial charge in [-0.05, 0) is 132 Å². The summed E-state index contributed by atoms with van der Waals surface area (Å²) in [7, 11) is 0. The minimum Gasteiger partial charge on any atom is -0.333 e. The van der Waals surface area contributed by atoms with Gasteiger partial charge in [0.05, 0.1) is 6.04 Å². The zero-order valence-corrected chi connectivity index (χ0v) is 28.6. The molecule has 2 heteroatoms. The fraction of sp³-hybridized carbons (Fsp3) is 0.191. The molecule has 0 radical (unpaired) electrons. The van der Waals surface area contributed by atoms with Gasteiger partial charge in [-0.3, -0.25) is 0 Å². The number of allylic oxidation sites excluding steroid dienone is 4. The minimum atomic E-state index is 0.254. The Bertz CT molecular complexity index is 2210. The third-order valence-corrected chi connectivity index (χ3v) is 11.1. The van der Waals surface area contributed by atoms with E-state index >= 15 is 0 Å². The standard InChI is InChI=1S/C47H42N2/c1-31-20-21-35-13-8-10-18-44(35)47(31)49(46-30-36-22-25-43(36)46)39-24-27-41(33(3)29-39)40-26-23-38(28-32(40)2)48(37-15-5-4-6-16-37)45-19-11-14-34-12-7-9-17-42(34)45/h4-8,10-16,18-21,23-31,36,47H,9,17,22H2,1-3H3/t31?,36-,47?/m0/s1. The molecule has 5 aromatic rings. The van der Waals surface area contributed by atoms with Crippen LogP contribution in [-0.2, 0) is 6.42 Å². The van der Waals surface area contributed by atoms with E-state index in [9.17, 15) is 0 Å². The Morgan fingerprint density at radius 3 is 2.14 bits per heavy atom. The maximum Gasteiger partial charge on any atom is 0.0657 e. The first-order valence-corrected chi connectivity index (χ1v) is 17.9. The van der Waals surface area contributed by atoms with E-state index in [0.29, 0.717) is 11.8 Å². The first kappa shape index (κ1) is 29.8. The molecule has 0 bridgehead atoms. The minimum absolute atomic E-state index is 0.254. The molecule has 0 spiro atoms. The average molecular weight is 635 g/mol. The van der Waals surface area contributed by atoms with Crippen LogP contribution in [0.25, 0.3) is 23.3 Å². The van der Waals surface area contributed by atoms with Gasteiger partial charge in [0.25, 0.3) is 0 Å². The van der Waals surface area contributed by atoms with Crippen LogP contribution in [0.1, 0.15) is 59.2 Å². The predicted octanol–water partition coefficient (Wildman–Crippen LogP) is 12.5. The highest BCUT2D eigenvalue weighted by molar-refractivity contribution is 5.84. The quantitative estimate of drug-likeness (QED) is 0.176. The van der Waals surface area contributed by atoms with E-state index in [-0.39, 0.29) is 6.04 Å². The number of aryl methyl sites for hydroxylation is 2. The van der Waals surface area contributed by atoms with E-state index < -0.39 is 0 Å². The number of nitrogens with zero attached hydrogens (tertiary/aromatic N) is 2. The molecule has 0 N–H and O–H groups in total. The van der Waals surface area contributed by atoms with Crippen molar-refractivity contribution in [3.8, 4) is 11.1 Å². The Hall–Kier alpha value is -5.34. The number of para-hydroxylation sites is 1. The highest BCUT2D eigenvalue weighted by Crippen LogP contribution is 2.52. The third-order valence-electron chi connectivity index (χ3n) is 11.1. The summed E-state index contributed by atoms with van der Waals surface area (Å²) in [5.74, 6) is 1.03. The number of anilines is 4. The van der Waals surface area contributed by atoms with Crippen molar-refractivity contribution < 1.29 is 0 Å². The van der Waals surface area contributed by atoms with E-state index in [1.807, 2.05) is 0 Å². The van der Waals surface area contributed by atoms with Crippen LogP contribution in [0.2, 0.25) is 0 Å². The number of rotatable bonds is 7. The van der Waals surface area contributed by atoms with Gasteiger partial charge in [0, 0.05) is 34.4 Å². The van der Waals surface area contributed by atoms with Gasteiger partial charge in [-0.15, -0.1) is 0 Å². The fourth-order valence-electron chi connectivity index (χ4n) is 8.50. The van der Waals surface area contributed by atoms with Crippen molar-refractivity contribution in [3.05, 3.63) is 178 Å². The van der Waals surface area contributed by atoms with Gasteiger partial charge in [0.2, 0.25) is 0 Å². The predicted molar refractivity (Wildman–Crippen MR) is 208 cm³/mol. The lowest BCUT2D eigenvalue weighted by Gasteiger charge is -2.48. The van der Waals surface area contributed by atoms with Crippen molar-refractivity contribution >= 4 is 34.9 Å². The number of fused-ring (bicyclic) bond motifs is 3. The molecular formula is C47H42N2. The molecule has 0 aromatic heterocycles. The fourth-order valence-corrected chi connectivity index (χ4v) is 8.50. The normalized spacial score (nSPS) is 19.8. The van der Waals surface area contributed by atoms with Crippen molar-refractivity contribution in [2.75, 3.05) is 9.80 Å².